The molecule has 0 amide bonds. The van der Waals surface area contributed by atoms with E-state index in [4.69, 9.17) is 4.74 Å². The summed E-state index contributed by atoms with van der Waals surface area (Å²) in [5.41, 5.74) is 0. The topological polar surface area (TPSA) is 26.3 Å². The lowest BCUT2D eigenvalue weighted by Crippen LogP contribution is -2.16. The van der Waals surface area contributed by atoms with Crippen LogP contribution >= 0.6 is 11.8 Å². The molecule has 0 aromatic carbocycles. The van der Waals surface area contributed by atoms with Crippen LogP contribution in [0.15, 0.2) is 0 Å². The lowest BCUT2D eigenvalue weighted by Gasteiger charge is -2.08. The van der Waals surface area contributed by atoms with Crippen molar-refractivity contribution in [1.82, 2.24) is 0 Å². The van der Waals surface area contributed by atoms with Crippen molar-refractivity contribution in [2.45, 2.75) is 45.5 Å². The molecule has 3 heteroatoms. The molecule has 0 aliphatic carbocycles. The molecule has 0 fully saturated rings. The Kier molecular flexibility index (Phi) is 7.38. The highest BCUT2D eigenvalue weighted by atomic mass is 32.2. The van der Waals surface area contributed by atoms with Gasteiger partial charge in [0.25, 0.3) is 0 Å². The predicted octanol–water partition coefficient (Wildman–Crippen LogP) is 2.51. The maximum atomic E-state index is 11.2. The summed E-state index contributed by atoms with van der Waals surface area (Å²) >= 11 is 1.71. The van der Waals surface area contributed by atoms with Crippen LogP contribution in [0.25, 0.3) is 0 Å². The zero-order valence-corrected chi connectivity index (χ0v) is 9.82. The Hall–Kier alpha value is -0.0200. The summed E-state index contributed by atoms with van der Waals surface area (Å²) < 4.78 is 5.21. The van der Waals surface area contributed by atoms with Crippen molar-refractivity contribution in [3.63, 3.8) is 0 Å². The number of carbonyl (C=O) groups is 1. The van der Waals surface area contributed by atoms with Crippen molar-refractivity contribution >= 4 is 17.5 Å². The van der Waals surface area contributed by atoms with Crippen LogP contribution in [-0.4, -0.2) is 29.5 Å². The second-order valence-corrected chi connectivity index (χ2v) is 4.86. The smallest absolute Gasteiger partial charge is 0.168 e. The second kappa shape index (κ2) is 7.39. The molecule has 0 radical (unpaired) electrons. The number of thioether (sulfide) groups is 1. The molecular weight excluding hydrogens is 184 g/mol. The van der Waals surface area contributed by atoms with Gasteiger partial charge in [-0.3, -0.25) is 4.79 Å². The van der Waals surface area contributed by atoms with Crippen molar-refractivity contribution in [2.24, 2.45) is 0 Å². The Balaban J connectivity index is 3.40. The van der Waals surface area contributed by atoms with Gasteiger partial charge in [0.15, 0.2) is 5.78 Å². The molecule has 0 heterocycles. The third kappa shape index (κ3) is 8.31. The lowest BCUT2D eigenvalue weighted by molar-refractivity contribution is -0.122. The van der Waals surface area contributed by atoms with E-state index in [1.165, 1.54) is 0 Å². The van der Waals surface area contributed by atoms with Gasteiger partial charge in [-0.1, -0.05) is 13.8 Å². The van der Waals surface area contributed by atoms with Crippen LogP contribution in [0, 0.1) is 0 Å². The van der Waals surface area contributed by atoms with Crippen LogP contribution in [0.3, 0.4) is 0 Å². The number of Topliss-reactive ketones (excluding diaryl/α,β-unsaturated/α-hetero) is 1. The molecule has 1 unspecified atom stereocenters. The molecule has 0 spiro atoms. The summed E-state index contributed by atoms with van der Waals surface area (Å²) in [6.45, 7) is 8.42. The number of ether oxygens (including phenoxy) is 1. The van der Waals surface area contributed by atoms with Gasteiger partial charge in [0.2, 0.25) is 0 Å². The summed E-state index contributed by atoms with van der Waals surface area (Å²) in [5, 5.41) is 0.572. The zero-order valence-electron chi connectivity index (χ0n) is 9.00. The van der Waals surface area contributed by atoms with E-state index in [1.54, 1.807) is 11.8 Å². The second-order valence-electron chi connectivity index (χ2n) is 3.43. The summed E-state index contributed by atoms with van der Waals surface area (Å²) in [4.78, 5) is 11.2. The number of rotatable bonds is 7. The van der Waals surface area contributed by atoms with Gasteiger partial charge in [-0.25, -0.2) is 0 Å². The largest absolute Gasteiger partial charge is 0.371 e. The zero-order chi connectivity index (χ0) is 10.3. The molecule has 0 saturated carbocycles. The molecule has 0 N–H and O–H groups in total. The molecule has 0 aliphatic heterocycles. The Morgan fingerprint density at radius 3 is 2.46 bits per heavy atom. The highest BCUT2D eigenvalue weighted by molar-refractivity contribution is 8.00. The SMILES string of the molecule is CCC(C)SCC(=O)COC(C)C. The Labute approximate surface area is 85.4 Å². The van der Waals surface area contributed by atoms with E-state index in [9.17, 15) is 4.79 Å². The molecule has 0 bridgehead atoms. The number of hydrogen-bond donors (Lipinski definition) is 0. The molecule has 1 atom stereocenters. The monoisotopic (exact) mass is 204 g/mol. The Morgan fingerprint density at radius 1 is 1.38 bits per heavy atom. The summed E-state index contributed by atoms with van der Waals surface area (Å²) in [7, 11) is 0. The van der Waals surface area contributed by atoms with E-state index in [2.05, 4.69) is 13.8 Å². The van der Waals surface area contributed by atoms with E-state index >= 15 is 0 Å². The normalized spacial score (nSPS) is 13.3. The van der Waals surface area contributed by atoms with Crippen molar-refractivity contribution in [3.8, 4) is 0 Å². The summed E-state index contributed by atoms with van der Waals surface area (Å²) in [5.74, 6) is 0.779. The van der Waals surface area contributed by atoms with Crippen LogP contribution in [0.4, 0.5) is 0 Å². The minimum Gasteiger partial charge on any atom is -0.371 e. The highest BCUT2D eigenvalue weighted by Crippen LogP contribution is 2.13. The molecule has 0 aromatic heterocycles. The van der Waals surface area contributed by atoms with Gasteiger partial charge in [0, 0.05) is 5.25 Å². The van der Waals surface area contributed by atoms with Crippen molar-refractivity contribution < 1.29 is 9.53 Å². The maximum absolute atomic E-state index is 11.2. The van der Waals surface area contributed by atoms with Crippen LogP contribution < -0.4 is 0 Å². The fourth-order valence-corrected chi connectivity index (χ4v) is 1.44. The van der Waals surface area contributed by atoms with E-state index in [-0.39, 0.29) is 18.5 Å². The van der Waals surface area contributed by atoms with Crippen molar-refractivity contribution in [3.05, 3.63) is 0 Å². The summed E-state index contributed by atoms with van der Waals surface area (Å²) in [6.07, 6.45) is 1.26. The lowest BCUT2D eigenvalue weighted by atomic mass is 10.4. The van der Waals surface area contributed by atoms with Gasteiger partial charge >= 0.3 is 0 Å². The van der Waals surface area contributed by atoms with E-state index < -0.39 is 0 Å². The third-order valence-electron chi connectivity index (χ3n) is 1.68. The third-order valence-corrected chi connectivity index (χ3v) is 3.07. The molecule has 0 rings (SSSR count). The molecule has 0 aromatic rings. The first-order chi connectivity index (χ1) is 6.06. The fourth-order valence-electron chi connectivity index (χ4n) is 0.654. The molecule has 0 aliphatic rings. The fraction of sp³-hybridized carbons (Fsp3) is 0.900. The maximum Gasteiger partial charge on any atom is 0.168 e. The minimum absolute atomic E-state index is 0.151. The average molecular weight is 204 g/mol. The summed E-state index contributed by atoms with van der Waals surface area (Å²) in [6, 6.07) is 0. The number of ketones is 1. The van der Waals surface area contributed by atoms with Gasteiger partial charge in [0.05, 0.1) is 11.9 Å². The minimum atomic E-state index is 0.151. The molecule has 0 saturated heterocycles. The van der Waals surface area contributed by atoms with Crippen LogP contribution in [0.1, 0.15) is 34.1 Å². The van der Waals surface area contributed by atoms with Crippen LogP contribution in [0.2, 0.25) is 0 Å². The molecule has 2 nitrogen and oxygen atoms in total. The highest BCUT2D eigenvalue weighted by Gasteiger charge is 2.06. The Bertz CT molecular complexity index is 146. The van der Waals surface area contributed by atoms with Gasteiger partial charge < -0.3 is 4.74 Å². The van der Waals surface area contributed by atoms with Crippen molar-refractivity contribution in [1.29, 1.82) is 0 Å². The van der Waals surface area contributed by atoms with Gasteiger partial charge in [0.1, 0.15) is 6.61 Å². The van der Waals surface area contributed by atoms with Gasteiger partial charge in [-0.15, -0.1) is 0 Å². The van der Waals surface area contributed by atoms with Crippen LogP contribution in [-0.2, 0) is 9.53 Å². The molecular formula is C10H20O2S. The Morgan fingerprint density at radius 2 is 2.00 bits per heavy atom. The van der Waals surface area contributed by atoms with Gasteiger partial charge in [-0.05, 0) is 20.3 Å². The standard InChI is InChI=1S/C10H20O2S/c1-5-9(4)13-7-10(11)6-12-8(2)3/h8-9H,5-7H2,1-4H3. The van der Waals surface area contributed by atoms with Crippen molar-refractivity contribution in [2.75, 3.05) is 12.4 Å². The molecule has 78 valence electrons. The van der Waals surface area contributed by atoms with E-state index in [0.717, 1.165) is 6.42 Å². The van der Waals surface area contributed by atoms with Crippen LogP contribution in [0.5, 0.6) is 0 Å². The first-order valence-electron chi connectivity index (χ1n) is 4.81. The quantitative estimate of drug-likeness (QED) is 0.637. The first-order valence-corrected chi connectivity index (χ1v) is 5.86. The van der Waals surface area contributed by atoms with E-state index in [1.807, 2.05) is 13.8 Å². The first kappa shape index (κ1) is 13.0. The predicted molar refractivity (Wildman–Crippen MR) is 58.3 cm³/mol. The molecule has 13 heavy (non-hydrogen) atoms. The van der Waals surface area contributed by atoms with Gasteiger partial charge in [-0.2, -0.15) is 11.8 Å². The number of carbonyl (C=O) groups excluding carboxylic acids is 1. The average Bonchev–Trinajstić information content (AvgIpc) is 2.10. The van der Waals surface area contributed by atoms with E-state index in [0.29, 0.717) is 11.0 Å². The number of hydrogen-bond acceptors (Lipinski definition) is 3.